The minimum absolute atomic E-state index is 0.216. The summed E-state index contributed by atoms with van der Waals surface area (Å²) in [6, 6.07) is 28.7. The summed E-state index contributed by atoms with van der Waals surface area (Å²) < 4.78 is 1.10. The zero-order valence-electron chi connectivity index (χ0n) is 17.9. The molecule has 3 aromatic rings. The fourth-order valence-corrected chi connectivity index (χ4v) is 5.13. The molecular formula is C27H31BrN2O. The summed E-state index contributed by atoms with van der Waals surface area (Å²) in [6.07, 6.45) is 3.11. The van der Waals surface area contributed by atoms with Crippen LogP contribution in [0.5, 0.6) is 0 Å². The molecule has 4 rings (SSSR count). The van der Waals surface area contributed by atoms with Crippen LogP contribution in [0.3, 0.4) is 0 Å². The average Bonchev–Trinajstić information content (AvgIpc) is 2.83. The van der Waals surface area contributed by atoms with Gasteiger partial charge in [-0.1, -0.05) is 82.7 Å². The van der Waals surface area contributed by atoms with Crippen LogP contribution in [0, 0.1) is 5.92 Å². The lowest BCUT2D eigenvalue weighted by Gasteiger charge is -2.42. The van der Waals surface area contributed by atoms with Crippen molar-refractivity contribution in [1.29, 1.82) is 0 Å². The summed E-state index contributed by atoms with van der Waals surface area (Å²) >= 11 is 3.52. The Kier molecular flexibility index (Phi) is 7.44. The molecule has 3 nitrogen and oxygen atoms in total. The van der Waals surface area contributed by atoms with Crippen molar-refractivity contribution in [2.45, 2.75) is 24.9 Å². The van der Waals surface area contributed by atoms with E-state index in [9.17, 15) is 5.11 Å². The van der Waals surface area contributed by atoms with Crippen LogP contribution < -0.4 is 5.32 Å². The highest BCUT2D eigenvalue weighted by molar-refractivity contribution is 9.10. The van der Waals surface area contributed by atoms with Crippen molar-refractivity contribution >= 4 is 21.6 Å². The van der Waals surface area contributed by atoms with E-state index < -0.39 is 5.60 Å². The fraction of sp³-hybridized carbons (Fsp3) is 0.333. The third-order valence-corrected chi connectivity index (χ3v) is 6.90. The van der Waals surface area contributed by atoms with Gasteiger partial charge in [0.2, 0.25) is 0 Å². The van der Waals surface area contributed by atoms with Gasteiger partial charge in [-0.2, -0.15) is 0 Å². The highest BCUT2D eigenvalue weighted by atomic mass is 79.9. The van der Waals surface area contributed by atoms with Gasteiger partial charge >= 0.3 is 0 Å². The first kappa shape index (κ1) is 22.1. The van der Waals surface area contributed by atoms with Gasteiger partial charge in [-0.15, -0.1) is 0 Å². The van der Waals surface area contributed by atoms with Gasteiger partial charge in [0, 0.05) is 16.7 Å². The molecule has 0 atom stereocenters. The van der Waals surface area contributed by atoms with E-state index >= 15 is 0 Å². The molecule has 1 fully saturated rings. The summed E-state index contributed by atoms with van der Waals surface area (Å²) in [5, 5.41) is 15.5. The van der Waals surface area contributed by atoms with Crippen molar-refractivity contribution in [3.8, 4) is 0 Å². The summed E-state index contributed by atoms with van der Waals surface area (Å²) in [5.74, 6) is 0.216. The first-order chi connectivity index (χ1) is 15.2. The van der Waals surface area contributed by atoms with E-state index in [0.717, 1.165) is 66.7 Å². The van der Waals surface area contributed by atoms with Gasteiger partial charge in [-0.25, -0.2) is 0 Å². The first-order valence-electron chi connectivity index (χ1n) is 11.2. The number of aliphatic hydroxyl groups is 1. The van der Waals surface area contributed by atoms with Crippen molar-refractivity contribution in [2.75, 3.05) is 31.5 Å². The van der Waals surface area contributed by atoms with E-state index in [-0.39, 0.29) is 5.92 Å². The number of hydrogen-bond donors (Lipinski definition) is 2. The lowest BCUT2D eigenvalue weighted by molar-refractivity contribution is -0.0141. The summed E-state index contributed by atoms with van der Waals surface area (Å²) in [7, 11) is 0. The molecule has 0 unspecified atom stereocenters. The normalized spacial score (nSPS) is 15.7. The van der Waals surface area contributed by atoms with Crippen molar-refractivity contribution in [3.63, 3.8) is 0 Å². The smallest absolute Gasteiger partial charge is 0.117 e. The molecule has 0 spiro atoms. The Morgan fingerprint density at radius 2 is 1.48 bits per heavy atom. The van der Waals surface area contributed by atoms with Crippen LogP contribution in [0.2, 0.25) is 0 Å². The molecule has 1 aliphatic heterocycles. The Morgan fingerprint density at radius 3 is 2.06 bits per heavy atom. The van der Waals surface area contributed by atoms with Crippen LogP contribution in [-0.2, 0) is 5.60 Å². The molecule has 0 amide bonds. The maximum absolute atomic E-state index is 12.0. The Balaban J connectivity index is 1.34. The van der Waals surface area contributed by atoms with Crippen LogP contribution >= 0.6 is 15.9 Å². The molecule has 3 aromatic carbocycles. The number of likely N-dealkylation sites (tertiary alicyclic amines) is 1. The number of benzene rings is 3. The zero-order chi connectivity index (χ0) is 21.5. The van der Waals surface area contributed by atoms with E-state index in [1.165, 1.54) is 0 Å². The standard InChI is InChI=1S/C27H31BrN2O/c28-25-13-7-14-26(21-25)29-17-8-18-30-19-15-24(16-20-30)27(31,22-9-3-1-4-10-22)23-11-5-2-6-12-23/h1-7,9-14,21,24,29,31H,8,15-20H2. The van der Waals surface area contributed by atoms with Gasteiger partial charge < -0.3 is 15.3 Å². The summed E-state index contributed by atoms with van der Waals surface area (Å²) in [6.45, 7) is 4.12. The second-order valence-corrected chi connectivity index (χ2v) is 9.32. The van der Waals surface area contributed by atoms with Gasteiger partial charge in [0.15, 0.2) is 0 Å². The number of anilines is 1. The summed E-state index contributed by atoms with van der Waals surface area (Å²) in [5.41, 5.74) is 2.22. The molecule has 0 bridgehead atoms. The third-order valence-electron chi connectivity index (χ3n) is 6.41. The first-order valence-corrected chi connectivity index (χ1v) is 12.0. The monoisotopic (exact) mass is 478 g/mol. The molecule has 31 heavy (non-hydrogen) atoms. The van der Waals surface area contributed by atoms with Gasteiger partial charge in [0.25, 0.3) is 0 Å². The summed E-state index contributed by atoms with van der Waals surface area (Å²) in [4.78, 5) is 2.54. The maximum Gasteiger partial charge on any atom is 0.117 e. The Hall–Kier alpha value is -2.14. The van der Waals surface area contributed by atoms with E-state index in [1.54, 1.807) is 0 Å². The van der Waals surface area contributed by atoms with Crippen molar-refractivity contribution in [3.05, 3.63) is 101 Å². The van der Waals surface area contributed by atoms with Crippen LogP contribution in [0.15, 0.2) is 89.4 Å². The van der Waals surface area contributed by atoms with Gasteiger partial charge in [0.1, 0.15) is 5.60 Å². The van der Waals surface area contributed by atoms with Gasteiger partial charge in [-0.3, -0.25) is 0 Å². The molecule has 1 aliphatic rings. The van der Waals surface area contributed by atoms with E-state index in [4.69, 9.17) is 0 Å². The molecular weight excluding hydrogens is 448 g/mol. The number of hydrogen-bond acceptors (Lipinski definition) is 3. The quantitative estimate of drug-likeness (QED) is 0.395. The minimum Gasteiger partial charge on any atom is -0.385 e. The zero-order valence-corrected chi connectivity index (χ0v) is 19.5. The van der Waals surface area contributed by atoms with E-state index in [1.807, 2.05) is 42.5 Å². The number of nitrogens with zero attached hydrogens (tertiary/aromatic N) is 1. The van der Waals surface area contributed by atoms with Crippen molar-refractivity contribution in [2.24, 2.45) is 5.92 Å². The number of halogens is 1. The highest BCUT2D eigenvalue weighted by Gasteiger charge is 2.41. The Labute approximate surface area is 194 Å². The predicted molar refractivity (Wildman–Crippen MR) is 132 cm³/mol. The number of nitrogens with one attached hydrogen (secondary N) is 1. The maximum atomic E-state index is 12.0. The molecule has 0 aliphatic carbocycles. The largest absolute Gasteiger partial charge is 0.385 e. The lowest BCUT2D eigenvalue weighted by atomic mass is 9.72. The lowest BCUT2D eigenvalue weighted by Crippen LogP contribution is -2.44. The molecule has 0 aromatic heterocycles. The van der Waals surface area contributed by atoms with Crippen molar-refractivity contribution in [1.82, 2.24) is 4.90 Å². The van der Waals surface area contributed by atoms with Crippen LogP contribution in [0.1, 0.15) is 30.4 Å². The Morgan fingerprint density at radius 1 is 0.871 bits per heavy atom. The van der Waals surface area contributed by atoms with Gasteiger partial charge in [0.05, 0.1) is 0 Å². The van der Waals surface area contributed by atoms with E-state index in [2.05, 4.69) is 68.6 Å². The highest BCUT2D eigenvalue weighted by Crippen LogP contribution is 2.41. The van der Waals surface area contributed by atoms with Gasteiger partial charge in [-0.05, 0) is 74.1 Å². The molecule has 0 saturated carbocycles. The average molecular weight is 479 g/mol. The van der Waals surface area contributed by atoms with Crippen molar-refractivity contribution < 1.29 is 5.11 Å². The molecule has 4 heteroatoms. The molecule has 0 radical (unpaired) electrons. The number of rotatable bonds is 8. The minimum atomic E-state index is -0.934. The second kappa shape index (κ2) is 10.4. The van der Waals surface area contributed by atoms with Crippen LogP contribution in [0.4, 0.5) is 5.69 Å². The van der Waals surface area contributed by atoms with Crippen LogP contribution in [0.25, 0.3) is 0 Å². The van der Waals surface area contributed by atoms with Crippen LogP contribution in [-0.4, -0.2) is 36.2 Å². The fourth-order valence-electron chi connectivity index (χ4n) is 4.73. The van der Waals surface area contributed by atoms with E-state index in [0.29, 0.717) is 0 Å². The molecule has 1 saturated heterocycles. The Bertz CT molecular complexity index is 900. The number of piperidine rings is 1. The third kappa shape index (κ3) is 5.38. The topological polar surface area (TPSA) is 35.5 Å². The molecule has 162 valence electrons. The second-order valence-electron chi connectivity index (χ2n) is 8.41. The molecule has 1 heterocycles. The predicted octanol–water partition coefficient (Wildman–Crippen LogP) is 5.90. The SMILES string of the molecule is OC(c1ccccc1)(c1ccccc1)C1CCN(CCCNc2cccc(Br)c2)CC1. The molecule has 2 N–H and O–H groups in total.